The van der Waals surface area contributed by atoms with E-state index in [1.165, 1.54) is 82.3 Å². The van der Waals surface area contributed by atoms with Gasteiger partial charge in [0.15, 0.2) is 0 Å². The van der Waals surface area contributed by atoms with Crippen LogP contribution < -0.4 is 15.8 Å². The quantitative estimate of drug-likeness (QED) is 0.103. The van der Waals surface area contributed by atoms with Gasteiger partial charge < -0.3 is 5.32 Å². The first kappa shape index (κ1) is 45.9. The van der Waals surface area contributed by atoms with Gasteiger partial charge in [-0.15, -0.1) is 11.8 Å². The van der Waals surface area contributed by atoms with E-state index in [-0.39, 0.29) is 0 Å². The molecule has 6 aromatic carbocycles. The molecule has 1 aliphatic carbocycles. The second-order valence-electron chi connectivity index (χ2n) is 15.9. The maximum Gasteiger partial charge on any atom is 0.0475 e. The lowest BCUT2D eigenvalue weighted by Gasteiger charge is -2.17. The van der Waals surface area contributed by atoms with Crippen LogP contribution in [0.3, 0.4) is 0 Å². The Bertz CT molecular complexity index is 2890. The summed E-state index contributed by atoms with van der Waals surface area (Å²) >= 11 is 1.76. The largest absolute Gasteiger partial charge is 0.387 e. The minimum Gasteiger partial charge on any atom is -0.387 e. The lowest BCUT2D eigenvalue weighted by atomic mass is 9.87. The Morgan fingerprint density at radius 3 is 1.87 bits per heavy atom. The third-order valence-electron chi connectivity index (χ3n) is 11.6. The van der Waals surface area contributed by atoms with E-state index in [1.54, 1.807) is 11.8 Å². The SMILES string of the molecule is C=CC(=C\C=C(/C)c1ccccc1)/C1=c2\cc(-c3ccc4cc(C)ccc4c3)cc\c2=C(C(=C)/C=C\C(=C/C)c2ccccc2)\C(C)=C\CC\C=C\1C.CNc1ccccc1SC. The first-order chi connectivity index (χ1) is 30.6. The highest BCUT2D eigenvalue weighted by Crippen LogP contribution is 2.29. The highest BCUT2D eigenvalue weighted by molar-refractivity contribution is 7.98. The van der Waals surface area contributed by atoms with Crippen molar-refractivity contribution < 1.29 is 0 Å². The number of hydrogen-bond donors (Lipinski definition) is 1. The Morgan fingerprint density at radius 1 is 0.619 bits per heavy atom. The lowest BCUT2D eigenvalue weighted by Crippen LogP contribution is -2.31. The van der Waals surface area contributed by atoms with E-state index >= 15 is 0 Å². The summed E-state index contributed by atoms with van der Waals surface area (Å²) in [5.74, 6) is 0. The van der Waals surface area contributed by atoms with Gasteiger partial charge in [-0.1, -0.05) is 183 Å². The summed E-state index contributed by atoms with van der Waals surface area (Å²) in [4.78, 5) is 1.30. The summed E-state index contributed by atoms with van der Waals surface area (Å²) in [6.07, 6.45) is 21.7. The second-order valence-corrected chi connectivity index (χ2v) is 16.7. The van der Waals surface area contributed by atoms with E-state index < -0.39 is 0 Å². The van der Waals surface area contributed by atoms with Gasteiger partial charge in [-0.05, 0) is 166 Å². The molecule has 0 aromatic heterocycles. The predicted molar refractivity (Wildman–Crippen MR) is 281 cm³/mol. The molecule has 0 unspecified atom stereocenters. The molecule has 0 fully saturated rings. The van der Waals surface area contributed by atoms with Crippen molar-refractivity contribution in [3.63, 3.8) is 0 Å². The van der Waals surface area contributed by atoms with Crippen molar-refractivity contribution in [2.75, 3.05) is 18.6 Å². The minimum atomic E-state index is 0.946. The zero-order chi connectivity index (χ0) is 44.7. The highest BCUT2D eigenvalue weighted by Gasteiger charge is 2.14. The van der Waals surface area contributed by atoms with Gasteiger partial charge in [0, 0.05) is 17.6 Å². The van der Waals surface area contributed by atoms with Crippen LogP contribution in [0.2, 0.25) is 0 Å². The van der Waals surface area contributed by atoms with E-state index in [9.17, 15) is 0 Å². The highest BCUT2D eigenvalue weighted by atomic mass is 32.2. The fourth-order valence-electron chi connectivity index (χ4n) is 8.11. The van der Waals surface area contributed by atoms with Crippen molar-refractivity contribution in [1.29, 1.82) is 0 Å². The predicted octanol–water partition coefficient (Wildman–Crippen LogP) is 15.7. The molecule has 1 aliphatic rings. The molecule has 6 aromatic rings. The molecule has 0 bridgehead atoms. The number of hydrogen-bond acceptors (Lipinski definition) is 2. The van der Waals surface area contributed by atoms with E-state index in [0.717, 1.165) is 34.8 Å². The number of anilines is 1. The van der Waals surface area contributed by atoms with Crippen molar-refractivity contribution in [2.45, 2.75) is 52.4 Å². The Kier molecular flexibility index (Phi) is 16.4. The summed E-state index contributed by atoms with van der Waals surface area (Å²) in [7, 11) is 1.94. The monoisotopic (exact) mass is 839 g/mol. The van der Waals surface area contributed by atoms with E-state index in [0.29, 0.717) is 0 Å². The summed E-state index contributed by atoms with van der Waals surface area (Å²) in [5, 5.41) is 7.96. The third-order valence-corrected chi connectivity index (χ3v) is 12.4. The number of rotatable bonds is 11. The van der Waals surface area contributed by atoms with E-state index in [1.807, 2.05) is 25.3 Å². The van der Waals surface area contributed by atoms with E-state index in [2.05, 4.69) is 223 Å². The number of allylic oxidation sites excluding steroid dienone is 14. The Morgan fingerprint density at radius 2 is 1.22 bits per heavy atom. The fraction of sp³-hybridized carbons (Fsp3) is 0.148. The van der Waals surface area contributed by atoms with Gasteiger partial charge in [0.25, 0.3) is 0 Å². The molecule has 316 valence electrons. The smallest absolute Gasteiger partial charge is 0.0475 e. The molecule has 1 nitrogen and oxygen atoms in total. The van der Waals surface area contributed by atoms with Crippen LogP contribution in [0.4, 0.5) is 5.69 Å². The zero-order valence-electron chi connectivity index (χ0n) is 38.1. The van der Waals surface area contributed by atoms with Crippen molar-refractivity contribution in [1.82, 2.24) is 0 Å². The molecule has 1 N–H and O–H groups in total. The van der Waals surface area contributed by atoms with Gasteiger partial charge >= 0.3 is 0 Å². The fourth-order valence-corrected chi connectivity index (χ4v) is 8.72. The molecule has 0 radical (unpaired) electrons. The third kappa shape index (κ3) is 11.7. The summed E-state index contributed by atoms with van der Waals surface area (Å²) < 4.78 is 0. The molecule has 2 heteroatoms. The van der Waals surface area contributed by atoms with Gasteiger partial charge in [0.2, 0.25) is 0 Å². The number of aryl methyl sites for hydroxylation is 1. The van der Waals surface area contributed by atoms with Crippen LogP contribution in [0.25, 0.3) is 44.2 Å². The van der Waals surface area contributed by atoms with Gasteiger partial charge in [0.05, 0.1) is 0 Å². The van der Waals surface area contributed by atoms with Crippen LogP contribution >= 0.6 is 11.8 Å². The Labute approximate surface area is 381 Å². The van der Waals surface area contributed by atoms with Crippen molar-refractivity contribution in [3.8, 4) is 11.1 Å². The molecule has 0 aliphatic heterocycles. The van der Waals surface area contributed by atoms with Crippen molar-refractivity contribution in [2.24, 2.45) is 0 Å². The van der Waals surface area contributed by atoms with Crippen LogP contribution in [-0.4, -0.2) is 13.3 Å². The average molecular weight is 840 g/mol. The van der Waals surface area contributed by atoms with Crippen LogP contribution in [0.15, 0.2) is 228 Å². The van der Waals surface area contributed by atoms with Crippen molar-refractivity contribution >= 4 is 50.5 Å². The second kappa shape index (κ2) is 22.5. The van der Waals surface area contributed by atoms with Crippen LogP contribution in [0.1, 0.15) is 57.2 Å². The maximum absolute atomic E-state index is 4.72. The normalized spacial score (nSPS) is 17.1. The molecule has 63 heavy (non-hydrogen) atoms. The number of benzene rings is 6. The standard InChI is InChI=1S/C53H50.C8H11NS/c1-8-42(45-22-14-11-15-23-45)28-26-41(7)52-39(5)18-16-17-19-40(6)53(43(9-2)29-25-38(4)44-20-12-10-13-21-44)51-36-49(32-33-50(51)52)48-31-30-46-34-37(3)24-27-47(46)35-48;1-9-7-5-3-4-6-8(7)10-2/h8-15,18-36H,2,7,16-17H2,1,3-6H3;3-6,9H,1-2H3/b28-26-,38-25+,39-18+,40-19+,42-8+,43-29+,52-50+,53-51+;. The van der Waals surface area contributed by atoms with Gasteiger partial charge in [-0.25, -0.2) is 0 Å². The lowest BCUT2D eigenvalue weighted by molar-refractivity contribution is 1.03. The minimum absolute atomic E-state index is 0.946. The molecule has 7 rings (SSSR count). The van der Waals surface area contributed by atoms with Gasteiger partial charge in [-0.3, -0.25) is 0 Å². The number of para-hydroxylation sites is 1. The summed E-state index contributed by atoms with van der Waals surface area (Å²) in [6, 6.07) is 49.8. The maximum atomic E-state index is 4.72. The molecule has 0 saturated carbocycles. The van der Waals surface area contributed by atoms with Gasteiger partial charge in [0.1, 0.15) is 0 Å². The van der Waals surface area contributed by atoms with Crippen LogP contribution in [0.5, 0.6) is 0 Å². The van der Waals surface area contributed by atoms with Crippen LogP contribution in [-0.2, 0) is 0 Å². The van der Waals surface area contributed by atoms with Gasteiger partial charge in [-0.2, -0.15) is 0 Å². The summed E-state index contributed by atoms with van der Waals surface area (Å²) in [5.41, 5.74) is 16.5. The molecular weight excluding hydrogens is 779 g/mol. The molecule has 0 spiro atoms. The summed E-state index contributed by atoms with van der Waals surface area (Å²) in [6.45, 7) is 20.0. The molecule has 0 heterocycles. The molecule has 0 amide bonds. The van der Waals surface area contributed by atoms with E-state index in [4.69, 9.17) is 6.58 Å². The number of nitrogens with one attached hydrogen (secondary N) is 1. The topological polar surface area (TPSA) is 12.0 Å². The average Bonchev–Trinajstić information content (AvgIpc) is 3.32. The Balaban J connectivity index is 0.000000582. The number of fused-ring (bicyclic) bond motifs is 2. The zero-order valence-corrected chi connectivity index (χ0v) is 39.0. The first-order valence-electron chi connectivity index (χ1n) is 21.9. The first-order valence-corrected chi connectivity index (χ1v) is 23.1. The molecular formula is C61H61NS. The van der Waals surface area contributed by atoms with Crippen LogP contribution in [0, 0.1) is 6.92 Å². The molecule has 0 saturated heterocycles. The number of thioether (sulfide) groups is 1. The Hall–Kier alpha value is -6.61. The molecule has 0 atom stereocenters. The van der Waals surface area contributed by atoms with Crippen molar-refractivity contribution in [3.05, 3.63) is 251 Å².